The first kappa shape index (κ1) is 18.0. The predicted octanol–water partition coefficient (Wildman–Crippen LogP) is 2.12. The van der Waals surface area contributed by atoms with Crippen molar-refractivity contribution in [2.24, 2.45) is 5.92 Å². The molecule has 3 unspecified atom stereocenters. The summed E-state index contributed by atoms with van der Waals surface area (Å²) in [5, 5.41) is 6.98. The zero-order chi connectivity index (χ0) is 14.8. The summed E-state index contributed by atoms with van der Waals surface area (Å²) in [6, 6.07) is 5.88. The molecule has 122 valence electrons. The van der Waals surface area contributed by atoms with E-state index >= 15 is 0 Å². The Morgan fingerprint density at radius 2 is 2.18 bits per heavy atom. The quantitative estimate of drug-likeness (QED) is 0.617. The third-order valence-electron chi connectivity index (χ3n) is 3.98. The third kappa shape index (κ3) is 4.13. The highest BCUT2D eigenvalue weighted by molar-refractivity contribution is 9.10. The summed E-state index contributed by atoms with van der Waals surface area (Å²) in [7, 11) is 0. The van der Waals surface area contributed by atoms with Gasteiger partial charge in [-0.3, -0.25) is 4.79 Å². The smallest absolute Gasteiger partial charge is 0.225 e. The first-order valence-electron chi connectivity index (χ1n) is 7.10. The zero-order valence-electron chi connectivity index (χ0n) is 11.9. The van der Waals surface area contributed by atoms with E-state index in [9.17, 15) is 4.79 Å². The molecule has 2 saturated heterocycles. The van der Waals surface area contributed by atoms with Gasteiger partial charge in [-0.15, -0.1) is 12.4 Å². The minimum Gasteiger partial charge on any atom is -0.339 e. The van der Waals surface area contributed by atoms with E-state index in [4.69, 9.17) is 11.6 Å². The highest BCUT2D eigenvalue weighted by Crippen LogP contribution is 2.30. The van der Waals surface area contributed by atoms with Gasteiger partial charge in [0.25, 0.3) is 0 Å². The van der Waals surface area contributed by atoms with E-state index in [2.05, 4.69) is 37.4 Å². The molecule has 4 N–H and O–H groups in total. The lowest BCUT2D eigenvalue weighted by Crippen LogP contribution is -2.46. The second-order valence-electron chi connectivity index (χ2n) is 5.49. The average Bonchev–Trinajstić information content (AvgIpc) is 3.12. The molecule has 0 spiro atoms. The van der Waals surface area contributed by atoms with E-state index in [1.165, 1.54) is 0 Å². The minimum atomic E-state index is -0.0712. The van der Waals surface area contributed by atoms with Gasteiger partial charge in [-0.2, -0.15) is 0 Å². The van der Waals surface area contributed by atoms with Gasteiger partial charge in [0.15, 0.2) is 0 Å². The van der Waals surface area contributed by atoms with Gasteiger partial charge in [-0.25, -0.2) is 10.9 Å². The number of halogens is 3. The van der Waals surface area contributed by atoms with Crippen molar-refractivity contribution in [2.45, 2.75) is 25.0 Å². The topological polar surface area (TPSA) is 65.2 Å². The molecule has 0 aliphatic carbocycles. The first-order chi connectivity index (χ1) is 10.1. The van der Waals surface area contributed by atoms with E-state index < -0.39 is 0 Å². The highest BCUT2D eigenvalue weighted by Gasteiger charge is 2.30. The van der Waals surface area contributed by atoms with Crippen LogP contribution in [0.2, 0.25) is 5.02 Å². The molecule has 2 fully saturated rings. The van der Waals surface area contributed by atoms with Crippen LogP contribution in [0.5, 0.6) is 0 Å². The molecule has 0 saturated carbocycles. The molecule has 22 heavy (non-hydrogen) atoms. The first-order valence-corrected chi connectivity index (χ1v) is 8.27. The molecule has 1 aromatic rings. The molecule has 0 bridgehead atoms. The van der Waals surface area contributed by atoms with Gasteiger partial charge >= 0.3 is 0 Å². The summed E-state index contributed by atoms with van der Waals surface area (Å²) < 4.78 is 0.994. The number of carbonyl (C=O) groups excluding carboxylic acids is 1. The molecular formula is C14H19BrCl2N4O. The molecule has 2 heterocycles. The maximum Gasteiger partial charge on any atom is 0.225 e. The Morgan fingerprint density at radius 3 is 2.91 bits per heavy atom. The zero-order valence-corrected chi connectivity index (χ0v) is 15.0. The Bertz CT molecular complexity index is 540. The minimum absolute atomic E-state index is 0. The van der Waals surface area contributed by atoms with Gasteiger partial charge in [0, 0.05) is 22.5 Å². The van der Waals surface area contributed by atoms with Crippen molar-refractivity contribution in [3.05, 3.63) is 33.3 Å². The Labute approximate surface area is 149 Å². The lowest BCUT2D eigenvalue weighted by Gasteiger charge is -2.15. The van der Waals surface area contributed by atoms with E-state index in [0.717, 1.165) is 41.0 Å². The van der Waals surface area contributed by atoms with Crippen molar-refractivity contribution >= 4 is 45.8 Å². The van der Waals surface area contributed by atoms with Crippen LogP contribution < -0.4 is 21.5 Å². The number of amides is 1. The maximum absolute atomic E-state index is 12.1. The molecule has 1 aromatic carbocycles. The molecule has 3 rings (SSSR count). The summed E-state index contributed by atoms with van der Waals surface area (Å²) in [5.74, 6) is 0.195. The van der Waals surface area contributed by atoms with Crippen LogP contribution in [0, 0.1) is 5.92 Å². The Kier molecular flexibility index (Phi) is 6.49. The molecule has 1 amide bonds. The van der Waals surface area contributed by atoms with Crippen molar-refractivity contribution in [1.29, 1.82) is 0 Å². The highest BCUT2D eigenvalue weighted by atomic mass is 79.9. The maximum atomic E-state index is 12.1. The van der Waals surface area contributed by atoms with Gasteiger partial charge in [0.2, 0.25) is 5.91 Å². The second-order valence-corrected chi connectivity index (χ2v) is 6.82. The van der Waals surface area contributed by atoms with Gasteiger partial charge in [0.1, 0.15) is 0 Å². The average molecular weight is 410 g/mol. The van der Waals surface area contributed by atoms with Crippen LogP contribution in [0.15, 0.2) is 22.7 Å². The molecule has 0 aromatic heterocycles. The number of rotatable bonds is 3. The van der Waals surface area contributed by atoms with Crippen LogP contribution >= 0.6 is 39.9 Å². The van der Waals surface area contributed by atoms with Crippen molar-refractivity contribution in [1.82, 2.24) is 21.5 Å². The SMILES string of the molecule is Cl.O=C(NC1CC(c2cc(Br)ccc2Cl)NN1)C1CCNC1. The van der Waals surface area contributed by atoms with Gasteiger partial charge < -0.3 is 10.6 Å². The van der Waals surface area contributed by atoms with Crippen molar-refractivity contribution in [2.75, 3.05) is 13.1 Å². The molecule has 2 aliphatic heterocycles. The van der Waals surface area contributed by atoms with Crippen LogP contribution in [-0.2, 0) is 4.79 Å². The summed E-state index contributed by atoms with van der Waals surface area (Å²) in [6.45, 7) is 1.69. The van der Waals surface area contributed by atoms with E-state index in [-0.39, 0.29) is 36.4 Å². The fourth-order valence-electron chi connectivity index (χ4n) is 2.80. The van der Waals surface area contributed by atoms with Crippen LogP contribution in [0.4, 0.5) is 0 Å². The standard InChI is InChI=1S/C14H18BrClN4O.ClH/c15-9-1-2-11(16)10(5-9)12-6-13(20-19-12)18-14(21)8-3-4-17-7-8;/h1-2,5,8,12-13,17,19-20H,3-4,6-7H2,(H,18,21);1H. The van der Waals surface area contributed by atoms with Crippen LogP contribution in [0.1, 0.15) is 24.4 Å². The van der Waals surface area contributed by atoms with Crippen LogP contribution in [-0.4, -0.2) is 25.2 Å². The van der Waals surface area contributed by atoms with Crippen LogP contribution in [0.3, 0.4) is 0 Å². The van der Waals surface area contributed by atoms with Gasteiger partial charge in [-0.1, -0.05) is 27.5 Å². The molecule has 2 aliphatic rings. The summed E-state index contributed by atoms with van der Waals surface area (Å²) in [6.07, 6.45) is 1.60. The van der Waals surface area contributed by atoms with E-state index in [1.807, 2.05) is 18.2 Å². The number of hydrazine groups is 1. The Hall–Kier alpha value is -0.370. The van der Waals surface area contributed by atoms with Gasteiger partial charge in [0.05, 0.1) is 18.1 Å². The lowest BCUT2D eigenvalue weighted by molar-refractivity contribution is -0.125. The fraction of sp³-hybridized carbons (Fsp3) is 0.500. The Balaban J connectivity index is 0.00000176. The summed E-state index contributed by atoms with van der Waals surface area (Å²) >= 11 is 9.71. The monoisotopic (exact) mass is 408 g/mol. The lowest BCUT2D eigenvalue weighted by atomic mass is 10.0. The summed E-state index contributed by atoms with van der Waals surface area (Å²) in [5.41, 5.74) is 7.36. The van der Waals surface area contributed by atoms with E-state index in [0.29, 0.717) is 0 Å². The molecular weight excluding hydrogens is 391 g/mol. The number of benzene rings is 1. The van der Waals surface area contributed by atoms with Crippen molar-refractivity contribution < 1.29 is 4.79 Å². The second kappa shape index (κ2) is 7.95. The number of hydrogen-bond donors (Lipinski definition) is 4. The number of nitrogens with one attached hydrogen (secondary N) is 4. The number of hydrogen-bond acceptors (Lipinski definition) is 4. The van der Waals surface area contributed by atoms with Crippen molar-refractivity contribution in [3.8, 4) is 0 Å². The number of carbonyl (C=O) groups is 1. The van der Waals surface area contributed by atoms with E-state index in [1.54, 1.807) is 0 Å². The molecule has 3 atom stereocenters. The Morgan fingerprint density at radius 1 is 1.36 bits per heavy atom. The molecule has 8 heteroatoms. The third-order valence-corrected chi connectivity index (χ3v) is 4.82. The van der Waals surface area contributed by atoms with Crippen LogP contribution in [0.25, 0.3) is 0 Å². The fourth-order valence-corrected chi connectivity index (χ4v) is 3.43. The largest absolute Gasteiger partial charge is 0.339 e. The molecule has 0 radical (unpaired) electrons. The van der Waals surface area contributed by atoms with Gasteiger partial charge in [-0.05, 0) is 36.7 Å². The predicted molar refractivity (Wildman–Crippen MR) is 92.9 cm³/mol. The normalized spacial score (nSPS) is 27.5. The molecule has 5 nitrogen and oxygen atoms in total. The van der Waals surface area contributed by atoms with Crippen molar-refractivity contribution in [3.63, 3.8) is 0 Å². The summed E-state index contributed by atoms with van der Waals surface area (Å²) in [4.78, 5) is 12.1.